The molecule has 0 amide bonds. The molecule has 0 fully saturated rings. The van der Waals surface area contributed by atoms with Crippen molar-refractivity contribution in [1.29, 1.82) is 0 Å². The number of rotatable bonds is 3. The second-order valence-corrected chi connectivity index (χ2v) is 3.85. The molecule has 8 heavy (non-hydrogen) atoms. The van der Waals surface area contributed by atoms with Crippen LogP contribution in [0, 0.1) is 0 Å². The highest BCUT2D eigenvalue weighted by Gasteiger charge is 1.94. The van der Waals surface area contributed by atoms with E-state index in [0.29, 0.717) is 11.3 Å². The minimum Gasteiger partial charge on any atom is -0.261 e. The highest BCUT2D eigenvalue weighted by molar-refractivity contribution is 7.98. The summed E-state index contributed by atoms with van der Waals surface area (Å²) in [6, 6.07) is 0.599. The zero-order valence-corrected chi connectivity index (χ0v) is 6.88. The van der Waals surface area contributed by atoms with Crippen LogP contribution < -0.4 is 4.72 Å². The van der Waals surface area contributed by atoms with E-state index in [2.05, 4.69) is 32.4 Å². The van der Waals surface area contributed by atoms with Gasteiger partial charge in [0.1, 0.15) is 0 Å². The van der Waals surface area contributed by atoms with Crippen molar-refractivity contribution in [2.45, 2.75) is 39.0 Å². The first-order valence-electron chi connectivity index (χ1n) is 3.04. The number of nitrogens with one attached hydrogen (secondary N) is 1. The molecule has 0 aromatic carbocycles. The molecule has 0 aliphatic heterocycles. The van der Waals surface area contributed by atoms with Crippen LogP contribution in [0.3, 0.4) is 0 Å². The van der Waals surface area contributed by atoms with Gasteiger partial charge in [0.25, 0.3) is 0 Å². The average Bonchev–Trinajstić information content (AvgIpc) is 1.61. The Bertz CT molecular complexity index is 44.5. The van der Waals surface area contributed by atoms with E-state index in [1.54, 1.807) is 11.9 Å². The molecule has 0 saturated heterocycles. The van der Waals surface area contributed by atoms with Gasteiger partial charge in [-0.05, 0) is 13.8 Å². The van der Waals surface area contributed by atoms with Gasteiger partial charge in [-0.15, -0.1) is 0 Å². The van der Waals surface area contributed by atoms with Crippen LogP contribution in [-0.2, 0) is 0 Å². The Morgan fingerprint density at radius 1 is 1.12 bits per heavy atom. The normalized spacial score (nSPS) is 11.2. The van der Waals surface area contributed by atoms with E-state index >= 15 is 0 Å². The van der Waals surface area contributed by atoms with Crippen LogP contribution in [0.2, 0.25) is 0 Å². The quantitative estimate of drug-likeness (QED) is 0.591. The lowest BCUT2D eigenvalue weighted by atomic mass is 10.4. The summed E-state index contributed by atoms with van der Waals surface area (Å²) in [5.41, 5.74) is 0. The average molecular weight is 133 g/mol. The van der Waals surface area contributed by atoms with E-state index in [1.165, 1.54) is 0 Å². The van der Waals surface area contributed by atoms with Gasteiger partial charge in [0.15, 0.2) is 0 Å². The summed E-state index contributed by atoms with van der Waals surface area (Å²) in [4.78, 5) is 0. The van der Waals surface area contributed by atoms with Gasteiger partial charge in [-0.2, -0.15) is 0 Å². The fourth-order valence-corrected chi connectivity index (χ4v) is 0.816. The molecular weight excluding hydrogens is 118 g/mol. The minimum atomic E-state index is 0.599. The van der Waals surface area contributed by atoms with Crippen LogP contribution in [0.25, 0.3) is 0 Å². The summed E-state index contributed by atoms with van der Waals surface area (Å²) < 4.78 is 3.26. The van der Waals surface area contributed by atoms with Crippen LogP contribution in [0.4, 0.5) is 0 Å². The van der Waals surface area contributed by atoms with E-state index in [0.717, 1.165) is 0 Å². The van der Waals surface area contributed by atoms with Crippen LogP contribution >= 0.6 is 11.9 Å². The monoisotopic (exact) mass is 133 g/mol. The summed E-state index contributed by atoms with van der Waals surface area (Å²) in [7, 11) is 0. The van der Waals surface area contributed by atoms with Crippen molar-refractivity contribution in [1.82, 2.24) is 4.72 Å². The van der Waals surface area contributed by atoms with E-state index in [-0.39, 0.29) is 0 Å². The SMILES string of the molecule is CC(C)NSC(C)C. The predicted octanol–water partition coefficient (Wildman–Crippen LogP) is 2.04. The van der Waals surface area contributed by atoms with Gasteiger partial charge in [-0.25, -0.2) is 0 Å². The molecule has 0 atom stereocenters. The Labute approximate surface area is 56.4 Å². The third-order valence-corrected chi connectivity index (χ3v) is 1.62. The van der Waals surface area contributed by atoms with E-state index in [4.69, 9.17) is 0 Å². The lowest BCUT2D eigenvalue weighted by Crippen LogP contribution is -2.16. The number of hydrogen-bond acceptors (Lipinski definition) is 2. The van der Waals surface area contributed by atoms with Gasteiger partial charge in [0.2, 0.25) is 0 Å². The Hall–Kier alpha value is 0.310. The van der Waals surface area contributed by atoms with Crippen molar-refractivity contribution in [2.75, 3.05) is 0 Å². The predicted molar refractivity (Wildman–Crippen MR) is 41.0 cm³/mol. The lowest BCUT2D eigenvalue weighted by Gasteiger charge is -2.08. The highest BCUT2D eigenvalue weighted by atomic mass is 32.2. The first kappa shape index (κ1) is 8.31. The fraction of sp³-hybridized carbons (Fsp3) is 1.00. The molecule has 0 aromatic heterocycles. The zero-order valence-electron chi connectivity index (χ0n) is 6.06. The van der Waals surface area contributed by atoms with Gasteiger partial charge >= 0.3 is 0 Å². The van der Waals surface area contributed by atoms with E-state index in [1.807, 2.05) is 0 Å². The van der Waals surface area contributed by atoms with Crippen LogP contribution in [0.1, 0.15) is 27.7 Å². The van der Waals surface area contributed by atoms with Crippen molar-refractivity contribution >= 4 is 11.9 Å². The van der Waals surface area contributed by atoms with Crippen molar-refractivity contribution in [3.63, 3.8) is 0 Å². The lowest BCUT2D eigenvalue weighted by molar-refractivity contribution is 0.767. The maximum absolute atomic E-state index is 3.26. The summed E-state index contributed by atoms with van der Waals surface area (Å²) in [6.07, 6.45) is 0. The minimum absolute atomic E-state index is 0.599. The van der Waals surface area contributed by atoms with Gasteiger partial charge in [-0.1, -0.05) is 25.8 Å². The molecule has 50 valence electrons. The molecule has 0 spiro atoms. The van der Waals surface area contributed by atoms with Crippen LogP contribution in [0.5, 0.6) is 0 Å². The molecule has 0 unspecified atom stereocenters. The first-order chi connectivity index (χ1) is 3.63. The van der Waals surface area contributed by atoms with Crippen molar-refractivity contribution in [3.05, 3.63) is 0 Å². The first-order valence-corrected chi connectivity index (χ1v) is 3.92. The standard InChI is InChI=1S/C6H15NS/c1-5(2)7-8-6(3)4/h5-7H,1-4H3. The van der Waals surface area contributed by atoms with Crippen LogP contribution in [-0.4, -0.2) is 11.3 Å². The van der Waals surface area contributed by atoms with Gasteiger partial charge < -0.3 is 0 Å². The maximum atomic E-state index is 3.26. The molecule has 0 aliphatic rings. The molecule has 0 bridgehead atoms. The molecule has 0 aliphatic carbocycles. The molecule has 0 radical (unpaired) electrons. The smallest absolute Gasteiger partial charge is 0.0136 e. The number of hydrogen-bond donors (Lipinski definition) is 1. The second-order valence-electron chi connectivity index (χ2n) is 2.44. The van der Waals surface area contributed by atoms with E-state index < -0.39 is 0 Å². The zero-order chi connectivity index (χ0) is 6.57. The maximum Gasteiger partial charge on any atom is 0.0136 e. The molecule has 1 nitrogen and oxygen atoms in total. The Balaban J connectivity index is 2.93. The largest absolute Gasteiger partial charge is 0.261 e. The van der Waals surface area contributed by atoms with Gasteiger partial charge in [0, 0.05) is 11.3 Å². The second kappa shape index (κ2) is 4.21. The molecule has 1 N–H and O–H groups in total. The van der Waals surface area contributed by atoms with E-state index in [9.17, 15) is 0 Å². The third kappa shape index (κ3) is 6.31. The van der Waals surface area contributed by atoms with Crippen molar-refractivity contribution < 1.29 is 0 Å². The summed E-state index contributed by atoms with van der Waals surface area (Å²) in [5.74, 6) is 0. The summed E-state index contributed by atoms with van der Waals surface area (Å²) in [5, 5.41) is 0.692. The van der Waals surface area contributed by atoms with Crippen LogP contribution in [0.15, 0.2) is 0 Å². The molecule has 0 rings (SSSR count). The topological polar surface area (TPSA) is 12.0 Å². The summed E-state index contributed by atoms with van der Waals surface area (Å²) >= 11 is 1.79. The fourth-order valence-electron chi connectivity index (χ4n) is 0.272. The van der Waals surface area contributed by atoms with Crippen molar-refractivity contribution in [3.8, 4) is 0 Å². The summed E-state index contributed by atoms with van der Waals surface area (Å²) in [6.45, 7) is 8.66. The highest BCUT2D eigenvalue weighted by Crippen LogP contribution is 2.03. The Morgan fingerprint density at radius 2 is 1.62 bits per heavy atom. The molecular formula is C6H15NS. The Morgan fingerprint density at radius 3 is 1.75 bits per heavy atom. The van der Waals surface area contributed by atoms with Gasteiger partial charge in [0.05, 0.1) is 0 Å². The van der Waals surface area contributed by atoms with Crippen molar-refractivity contribution in [2.24, 2.45) is 0 Å². The molecule has 2 heteroatoms. The molecule has 0 heterocycles. The molecule has 0 aromatic rings. The Kier molecular flexibility index (Phi) is 4.38. The molecule has 0 saturated carbocycles. The third-order valence-electron chi connectivity index (χ3n) is 0.539. The van der Waals surface area contributed by atoms with Gasteiger partial charge in [-0.3, -0.25) is 4.72 Å².